The molecule has 15 heavy (non-hydrogen) atoms. The van der Waals surface area contributed by atoms with Crippen LogP contribution in [0, 0.1) is 0 Å². The Bertz CT molecular complexity index is 335. The van der Waals surface area contributed by atoms with Crippen LogP contribution in [0.2, 0.25) is 0 Å². The Balaban J connectivity index is 0.000000336. The fourth-order valence-corrected chi connectivity index (χ4v) is 0.627. The van der Waals surface area contributed by atoms with E-state index in [0.29, 0.717) is 5.56 Å². The molecule has 0 radical (unpaired) electrons. The van der Waals surface area contributed by atoms with Crippen LogP contribution in [0.25, 0.3) is 0 Å². The summed E-state index contributed by atoms with van der Waals surface area (Å²) in [6, 6.07) is 8.25. The van der Waals surface area contributed by atoms with Gasteiger partial charge in [-0.3, -0.25) is 4.89 Å². The molecule has 0 aliphatic rings. The number of rotatable bonds is 1. The third-order valence-corrected chi connectivity index (χ3v) is 1.09. The van der Waals surface area contributed by atoms with E-state index >= 15 is 0 Å². The Morgan fingerprint density at radius 3 is 1.87 bits per heavy atom. The van der Waals surface area contributed by atoms with Crippen LogP contribution in [-0.2, 0) is 9.45 Å². The summed E-state index contributed by atoms with van der Waals surface area (Å²) in [7, 11) is -4.64. The molecule has 8 heteroatoms. The highest BCUT2D eigenvalue weighted by atomic mass is 31.2. The first kappa shape index (κ1) is 13.8. The van der Waals surface area contributed by atoms with Crippen LogP contribution in [0.3, 0.4) is 0 Å². The van der Waals surface area contributed by atoms with Crippen LogP contribution in [0.1, 0.15) is 10.4 Å². The van der Waals surface area contributed by atoms with Crippen molar-refractivity contribution in [2.24, 2.45) is 0 Å². The fourth-order valence-electron chi connectivity index (χ4n) is 0.627. The summed E-state index contributed by atoms with van der Waals surface area (Å²) >= 11 is 0. The van der Waals surface area contributed by atoms with Gasteiger partial charge in [0, 0.05) is 0 Å². The van der Waals surface area contributed by atoms with E-state index in [4.69, 9.17) is 24.5 Å². The Hall–Kier alpha value is -1.24. The topological polar surface area (TPSA) is 124 Å². The van der Waals surface area contributed by atoms with Gasteiger partial charge in [0.05, 0.1) is 5.56 Å². The second kappa shape index (κ2) is 6.28. The van der Waals surface area contributed by atoms with Crippen molar-refractivity contribution >= 4 is 13.8 Å². The number of hydrogen-bond acceptors (Lipinski definition) is 4. The SMILES string of the molecule is O=C(OO)c1ccccc1.O=P(O)(O)O. The quantitative estimate of drug-likeness (QED) is 0.315. The molecule has 0 spiro atoms. The second-order valence-electron chi connectivity index (χ2n) is 2.26. The molecule has 0 saturated carbocycles. The van der Waals surface area contributed by atoms with E-state index < -0.39 is 13.8 Å². The number of benzene rings is 1. The Labute approximate surface area is 84.7 Å². The molecule has 0 unspecified atom stereocenters. The summed E-state index contributed by atoms with van der Waals surface area (Å²) in [5.41, 5.74) is 0.338. The average molecular weight is 236 g/mol. The van der Waals surface area contributed by atoms with E-state index in [2.05, 4.69) is 4.89 Å². The summed E-state index contributed by atoms with van der Waals surface area (Å²) < 4.78 is 8.88. The van der Waals surface area contributed by atoms with Gasteiger partial charge in [-0.2, -0.15) is 5.26 Å². The summed E-state index contributed by atoms with van der Waals surface area (Å²) in [4.78, 5) is 35.6. The molecule has 4 N–H and O–H groups in total. The van der Waals surface area contributed by atoms with Crippen LogP contribution in [0.15, 0.2) is 30.3 Å². The van der Waals surface area contributed by atoms with Gasteiger partial charge in [0.15, 0.2) is 0 Å². The highest BCUT2D eigenvalue weighted by molar-refractivity contribution is 7.45. The molecule has 0 bridgehead atoms. The van der Waals surface area contributed by atoms with Gasteiger partial charge in [-0.25, -0.2) is 9.36 Å². The highest BCUT2D eigenvalue weighted by Gasteiger charge is 2.02. The number of carbonyl (C=O) groups excluding carboxylic acids is 1. The molecular formula is C7H9O7P. The second-order valence-corrected chi connectivity index (χ2v) is 3.28. The van der Waals surface area contributed by atoms with Gasteiger partial charge in [-0.15, -0.1) is 0 Å². The van der Waals surface area contributed by atoms with Crippen molar-refractivity contribution < 1.29 is 34.2 Å². The zero-order valence-electron chi connectivity index (χ0n) is 7.35. The van der Waals surface area contributed by atoms with Crippen LogP contribution in [-0.4, -0.2) is 25.9 Å². The normalized spacial score (nSPS) is 9.87. The molecule has 1 rings (SSSR count). The lowest BCUT2D eigenvalue weighted by atomic mass is 10.2. The van der Waals surface area contributed by atoms with Gasteiger partial charge in [0.2, 0.25) is 0 Å². The van der Waals surface area contributed by atoms with Crippen molar-refractivity contribution in [2.45, 2.75) is 0 Å². The van der Waals surface area contributed by atoms with Crippen LogP contribution >= 0.6 is 7.82 Å². The summed E-state index contributed by atoms with van der Waals surface area (Å²) in [5, 5.41) is 7.94. The predicted octanol–water partition coefficient (Wildman–Crippen LogP) is 0.388. The maximum absolute atomic E-state index is 10.5. The Morgan fingerprint density at radius 1 is 1.13 bits per heavy atom. The summed E-state index contributed by atoms with van der Waals surface area (Å²) in [5.74, 6) is -0.736. The van der Waals surface area contributed by atoms with Gasteiger partial charge in [-0.1, -0.05) is 18.2 Å². The molecular weight excluding hydrogens is 227 g/mol. The van der Waals surface area contributed by atoms with Crippen molar-refractivity contribution in [2.75, 3.05) is 0 Å². The maximum atomic E-state index is 10.5. The minimum atomic E-state index is -4.64. The fraction of sp³-hybridized carbons (Fsp3) is 0. The monoisotopic (exact) mass is 236 g/mol. The minimum Gasteiger partial charge on any atom is -0.303 e. The maximum Gasteiger partial charge on any atom is 0.466 e. The molecule has 0 atom stereocenters. The van der Waals surface area contributed by atoms with Crippen LogP contribution in [0.5, 0.6) is 0 Å². The molecule has 0 heterocycles. The standard InChI is InChI=1S/C7H6O3.H3O4P/c8-7(10-9)6-4-2-1-3-5-6;1-5(2,3)4/h1-5,9H;(H3,1,2,3,4). The van der Waals surface area contributed by atoms with Crippen LogP contribution in [0.4, 0.5) is 0 Å². The third kappa shape index (κ3) is 9.07. The first-order valence-corrected chi connectivity index (χ1v) is 5.10. The molecule has 1 aromatic rings. The number of hydrogen-bond donors (Lipinski definition) is 4. The van der Waals surface area contributed by atoms with Crippen molar-refractivity contribution in [3.05, 3.63) is 35.9 Å². The van der Waals surface area contributed by atoms with E-state index in [9.17, 15) is 4.79 Å². The average Bonchev–Trinajstić information content (AvgIpc) is 2.15. The Morgan fingerprint density at radius 2 is 1.53 bits per heavy atom. The lowest BCUT2D eigenvalue weighted by Gasteiger charge is -1.92. The van der Waals surface area contributed by atoms with E-state index in [0.717, 1.165) is 0 Å². The molecule has 0 aliphatic carbocycles. The summed E-state index contributed by atoms with van der Waals surface area (Å²) in [6.07, 6.45) is 0. The van der Waals surface area contributed by atoms with Gasteiger partial charge >= 0.3 is 13.8 Å². The number of carbonyl (C=O) groups is 1. The largest absolute Gasteiger partial charge is 0.466 e. The van der Waals surface area contributed by atoms with Crippen molar-refractivity contribution in [3.63, 3.8) is 0 Å². The van der Waals surface area contributed by atoms with E-state index in [1.165, 1.54) is 0 Å². The zero-order chi connectivity index (χ0) is 11.9. The molecule has 0 aliphatic heterocycles. The lowest BCUT2D eigenvalue weighted by Crippen LogP contribution is -2.00. The van der Waals surface area contributed by atoms with Gasteiger partial charge in [0.25, 0.3) is 0 Å². The van der Waals surface area contributed by atoms with E-state index in [1.54, 1.807) is 30.3 Å². The molecule has 1 aromatic carbocycles. The van der Waals surface area contributed by atoms with E-state index in [-0.39, 0.29) is 0 Å². The van der Waals surface area contributed by atoms with Crippen molar-refractivity contribution in [1.29, 1.82) is 0 Å². The molecule has 7 nitrogen and oxygen atoms in total. The minimum absolute atomic E-state index is 0.338. The first-order valence-electron chi connectivity index (χ1n) is 3.53. The smallest absolute Gasteiger partial charge is 0.303 e. The first-order chi connectivity index (χ1) is 6.84. The van der Waals surface area contributed by atoms with E-state index in [1.807, 2.05) is 0 Å². The third-order valence-electron chi connectivity index (χ3n) is 1.09. The van der Waals surface area contributed by atoms with Gasteiger partial charge in [-0.05, 0) is 12.1 Å². The predicted molar refractivity (Wildman–Crippen MR) is 48.7 cm³/mol. The summed E-state index contributed by atoms with van der Waals surface area (Å²) in [6.45, 7) is 0. The van der Waals surface area contributed by atoms with Gasteiger partial charge in [0.1, 0.15) is 0 Å². The lowest BCUT2D eigenvalue weighted by molar-refractivity contribution is -0.182. The molecule has 0 aromatic heterocycles. The molecule has 0 saturated heterocycles. The molecule has 84 valence electrons. The molecule has 0 amide bonds. The molecule has 0 fully saturated rings. The van der Waals surface area contributed by atoms with Crippen molar-refractivity contribution in [1.82, 2.24) is 0 Å². The zero-order valence-corrected chi connectivity index (χ0v) is 8.24. The van der Waals surface area contributed by atoms with Crippen molar-refractivity contribution in [3.8, 4) is 0 Å². The Kier molecular flexibility index (Phi) is 5.76. The van der Waals surface area contributed by atoms with Crippen LogP contribution < -0.4 is 0 Å². The highest BCUT2D eigenvalue weighted by Crippen LogP contribution is 2.25. The number of phosphoric acid groups is 1. The van der Waals surface area contributed by atoms with Gasteiger partial charge < -0.3 is 14.7 Å².